The summed E-state index contributed by atoms with van der Waals surface area (Å²) in [6, 6.07) is 7.46. The molecule has 0 radical (unpaired) electrons. The Morgan fingerprint density at radius 1 is 1.32 bits per heavy atom. The highest BCUT2D eigenvalue weighted by Crippen LogP contribution is 2.20. The standard InChI is InChI=1S/C17H20N2O3/c1-19-10-9-18-16(17(19)20)13-5-7-14(8-6-13)22-12-15-4-2-3-11-21-15/h5-10,15H,2-4,11-12H2,1H3. The quantitative estimate of drug-likeness (QED) is 0.870. The van der Waals surface area contributed by atoms with Crippen LogP contribution >= 0.6 is 0 Å². The molecule has 5 heteroatoms. The molecule has 2 heterocycles. The number of nitrogens with zero attached hydrogens (tertiary/aromatic N) is 2. The molecular formula is C17H20N2O3. The Kier molecular flexibility index (Phi) is 4.53. The molecule has 0 saturated carbocycles. The van der Waals surface area contributed by atoms with Crippen molar-refractivity contribution in [3.63, 3.8) is 0 Å². The molecule has 0 amide bonds. The summed E-state index contributed by atoms with van der Waals surface area (Å²) in [6.07, 6.45) is 6.87. The Morgan fingerprint density at radius 2 is 2.14 bits per heavy atom. The van der Waals surface area contributed by atoms with Crippen LogP contribution in [0.15, 0.2) is 41.5 Å². The molecule has 22 heavy (non-hydrogen) atoms. The second kappa shape index (κ2) is 6.75. The Morgan fingerprint density at radius 3 is 2.86 bits per heavy atom. The third-order valence-electron chi connectivity index (χ3n) is 3.85. The van der Waals surface area contributed by atoms with Crippen molar-refractivity contribution in [2.45, 2.75) is 25.4 Å². The average molecular weight is 300 g/mol. The molecule has 0 spiro atoms. The van der Waals surface area contributed by atoms with Gasteiger partial charge in [0.15, 0.2) is 0 Å². The lowest BCUT2D eigenvalue weighted by molar-refractivity contribution is -0.0110. The Labute approximate surface area is 129 Å². The monoisotopic (exact) mass is 300 g/mol. The maximum absolute atomic E-state index is 12.0. The number of rotatable bonds is 4. The van der Waals surface area contributed by atoms with Gasteiger partial charge in [0.2, 0.25) is 0 Å². The minimum Gasteiger partial charge on any atom is -0.491 e. The van der Waals surface area contributed by atoms with Gasteiger partial charge in [0.05, 0.1) is 6.10 Å². The summed E-state index contributed by atoms with van der Waals surface area (Å²) in [7, 11) is 1.72. The number of hydrogen-bond donors (Lipinski definition) is 0. The fourth-order valence-electron chi connectivity index (χ4n) is 2.53. The summed E-state index contributed by atoms with van der Waals surface area (Å²) in [4.78, 5) is 16.2. The smallest absolute Gasteiger partial charge is 0.276 e. The first-order valence-corrected chi connectivity index (χ1v) is 7.60. The lowest BCUT2D eigenvalue weighted by atomic mass is 10.1. The van der Waals surface area contributed by atoms with Crippen molar-refractivity contribution < 1.29 is 9.47 Å². The van der Waals surface area contributed by atoms with Crippen molar-refractivity contribution in [2.75, 3.05) is 13.2 Å². The van der Waals surface area contributed by atoms with Crippen LogP contribution in [-0.2, 0) is 11.8 Å². The number of aromatic nitrogens is 2. The molecule has 1 aromatic heterocycles. The minimum atomic E-state index is -0.105. The number of aryl methyl sites for hydroxylation is 1. The molecule has 1 aliphatic rings. The second-order valence-electron chi connectivity index (χ2n) is 5.52. The topological polar surface area (TPSA) is 53.4 Å². The molecule has 0 bridgehead atoms. The van der Waals surface area contributed by atoms with Gasteiger partial charge in [-0.3, -0.25) is 4.79 Å². The second-order valence-corrected chi connectivity index (χ2v) is 5.52. The van der Waals surface area contributed by atoms with E-state index >= 15 is 0 Å². The van der Waals surface area contributed by atoms with Crippen LogP contribution in [0.4, 0.5) is 0 Å². The van der Waals surface area contributed by atoms with Gasteiger partial charge in [-0.05, 0) is 43.5 Å². The molecule has 1 fully saturated rings. The Bertz CT molecular complexity index is 673. The molecule has 1 aliphatic heterocycles. The molecule has 0 aliphatic carbocycles. The highest BCUT2D eigenvalue weighted by atomic mass is 16.5. The minimum absolute atomic E-state index is 0.105. The van der Waals surface area contributed by atoms with Crippen molar-refractivity contribution in [1.82, 2.24) is 9.55 Å². The summed E-state index contributed by atoms with van der Waals surface area (Å²) < 4.78 is 12.9. The highest BCUT2D eigenvalue weighted by molar-refractivity contribution is 5.58. The van der Waals surface area contributed by atoms with Crippen molar-refractivity contribution in [3.8, 4) is 17.0 Å². The van der Waals surface area contributed by atoms with Crippen molar-refractivity contribution in [2.24, 2.45) is 7.05 Å². The molecule has 2 aromatic rings. The van der Waals surface area contributed by atoms with Crippen LogP contribution in [-0.4, -0.2) is 28.9 Å². The van der Waals surface area contributed by atoms with Crippen molar-refractivity contribution in [1.29, 1.82) is 0 Å². The molecule has 1 atom stereocenters. The largest absolute Gasteiger partial charge is 0.491 e. The number of ether oxygens (including phenoxy) is 2. The van der Waals surface area contributed by atoms with Crippen molar-refractivity contribution in [3.05, 3.63) is 47.0 Å². The molecule has 1 unspecified atom stereocenters. The molecular weight excluding hydrogens is 280 g/mol. The van der Waals surface area contributed by atoms with Gasteiger partial charge in [0.1, 0.15) is 18.1 Å². The van der Waals surface area contributed by atoms with E-state index in [2.05, 4.69) is 4.98 Å². The van der Waals surface area contributed by atoms with Gasteiger partial charge in [-0.1, -0.05) is 0 Å². The zero-order valence-electron chi connectivity index (χ0n) is 12.7. The van der Waals surface area contributed by atoms with E-state index in [9.17, 15) is 4.79 Å². The van der Waals surface area contributed by atoms with Crippen LogP contribution in [0.3, 0.4) is 0 Å². The average Bonchev–Trinajstić information content (AvgIpc) is 2.57. The molecule has 1 aromatic carbocycles. The molecule has 3 rings (SSSR count). The van der Waals surface area contributed by atoms with Gasteiger partial charge in [0.25, 0.3) is 5.56 Å². The lowest BCUT2D eigenvalue weighted by Gasteiger charge is -2.22. The van der Waals surface area contributed by atoms with E-state index in [1.165, 1.54) is 11.0 Å². The van der Waals surface area contributed by atoms with Crippen LogP contribution in [0.2, 0.25) is 0 Å². The van der Waals surface area contributed by atoms with E-state index in [1.807, 2.05) is 24.3 Å². The van der Waals surface area contributed by atoms with E-state index in [0.717, 1.165) is 30.8 Å². The zero-order chi connectivity index (χ0) is 15.4. The fraction of sp³-hybridized carbons (Fsp3) is 0.412. The third-order valence-corrected chi connectivity index (χ3v) is 3.85. The van der Waals surface area contributed by atoms with Gasteiger partial charge in [-0.2, -0.15) is 0 Å². The van der Waals surface area contributed by atoms with Crippen LogP contribution < -0.4 is 10.3 Å². The third kappa shape index (κ3) is 3.36. The van der Waals surface area contributed by atoms with Crippen molar-refractivity contribution >= 4 is 0 Å². The van der Waals surface area contributed by atoms with Gasteiger partial charge >= 0.3 is 0 Å². The van der Waals surface area contributed by atoms with E-state index in [1.54, 1.807) is 19.4 Å². The predicted molar refractivity (Wildman–Crippen MR) is 84.0 cm³/mol. The summed E-state index contributed by atoms with van der Waals surface area (Å²) >= 11 is 0. The maximum Gasteiger partial charge on any atom is 0.276 e. The van der Waals surface area contributed by atoms with E-state index in [0.29, 0.717) is 12.3 Å². The predicted octanol–water partition coefficient (Wildman–Crippen LogP) is 2.40. The SMILES string of the molecule is Cn1ccnc(-c2ccc(OCC3CCCCO3)cc2)c1=O. The highest BCUT2D eigenvalue weighted by Gasteiger charge is 2.14. The van der Waals surface area contributed by atoms with Crippen LogP contribution in [0.1, 0.15) is 19.3 Å². The Balaban J connectivity index is 1.67. The summed E-state index contributed by atoms with van der Waals surface area (Å²) in [5.74, 6) is 0.783. The van der Waals surface area contributed by atoms with Crippen LogP contribution in [0.25, 0.3) is 11.3 Å². The summed E-state index contributed by atoms with van der Waals surface area (Å²) in [5.41, 5.74) is 1.14. The van der Waals surface area contributed by atoms with E-state index < -0.39 is 0 Å². The first-order valence-electron chi connectivity index (χ1n) is 7.60. The summed E-state index contributed by atoms with van der Waals surface area (Å²) in [5, 5.41) is 0. The lowest BCUT2D eigenvalue weighted by Crippen LogP contribution is -2.25. The zero-order valence-corrected chi connectivity index (χ0v) is 12.7. The first kappa shape index (κ1) is 14.8. The van der Waals surface area contributed by atoms with Crippen LogP contribution in [0, 0.1) is 0 Å². The van der Waals surface area contributed by atoms with E-state index in [4.69, 9.17) is 9.47 Å². The molecule has 116 valence electrons. The van der Waals surface area contributed by atoms with Gasteiger partial charge in [0, 0.05) is 31.6 Å². The normalized spacial score (nSPS) is 18.1. The van der Waals surface area contributed by atoms with Gasteiger partial charge < -0.3 is 14.0 Å². The van der Waals surface area contributed by atoms with Gasteiger partial charge in [-0.15, -0.1) is 0 Å². The summed E-state index contributed by atoms with van der Waals surface area (Å²) in [6.45, 7) is 1.40. The van der Waals surface area contributed by atoms with Crippen LogP contribution in [0.5, 0.6) is 5.75 Å². The molecule has 5 nitrogen and oxygen atoms in total. The number of benzene rings is 1. The maximum atomic E-state index is 12.0. The molecule has 0 N–H and O–H groups in total. The number of hydrogen-bond acceptors (Lipinski definition) is 4. The molecule has 1 saturated heterocycles. The Hall–Kier alpha value is -2.14. The first-order chi connectivity index (χ1) is 10.7. The van der Waals surface area contributed by atoms with E-state index in [-0.39, 0.29) is 11.7 Å². The van der Waals surface area contributed by atoms with Gasteiger partial charge in [-0.25, -0.2) is 4.98 Å². The fourth-order valence-corrected chi connectivity index (χ4v) is 2.53.